The molecule has 0 saturated heterocycles. The topological polar surface area (TPSA) is 110 Å². The van der Waals surface area contributed by atoms with Crippen LogP contribution in [-0.2, 0) is 32.1 Å². The van der Waals surface area contributed by atoms with Crippen LogP contribution < -0.4 is 10.6 Å². The van der Waals surface area contributed by atoms with Crippen LogP contribution in [0.2, 0.25) is 0 Å². The highest BCUT2D eigenvalue weighted by Gasteiger charge is 2.30. The zero-order valence-corrected chi connectivity index (χ0v) is 22.9. The van der Waals surface area contributed by atoms with Crippen LogP contribution in [0.25, 0.3) is 10.9 Å². The first-order valence-electron chi connectivity index (χ1n) is 13.1. The fourth-order valence-corrected chi connectivity index (χ4v) is 4.07. The van der Waals surface area contributed by atoms with Crippen LogP contribution in [0.4, 0.5) is 4.79 Å². The van der Waals surface area contributed by atoms with Crippen molar-refractivity contribution in [2.75, 3.05) is 0 Å². The van der Waals surface area contributed by atoms with Gasteiger partial charge in [-0.2, -0.15) is 0 Å². The summed E-state index contributed by atoms with van der Waals surface area (Å²) in [6.07, 6.45) is 2.62. The SMILES string of the molecule is CC[C@H](C)C[C@@H](NC(=O)OC(C)(C)C)C(=O)NC(Cc1c[nH]c2ccccc12)C(=O)OCc1ccccc1. The van der Waals surface area contributed by atoms with Gasteiger partial charge >= 0.3 is 12.1 Å². The molecule has 204 valence electrons. The molecular formula is C30H39N3O5. The molecule has 0 radical (unpaired) electrons. The Hall–Kier alpha value is -3.81. The quantitative estimate of drug-likeness (QED) is 0.298. The van der Waals surface area contributed by atoms with E-state index in [0.29, 0.717) is 6.42 Å². The molecule has 1 unspecified atom stereocenters. The second-order valence-corrected chi connectivity index (χ2v) is 10.7. The number of alkyl carbamates (subject to hydrolysis) is 1. The van der Waals surface area contributed by atoms with Crippen molar-refractivity contribution in [3.05, 3.63) is 71.9 Å². The summed E-state index contributed by atoms with van der Waals surface area (Å²) in [6, 6.07) is 15.3. The second kappa shape index (κ2) is 13.1. The third kappa shape index (κ3) is 8.64. The summed E-state index contributed by atoms with van der Waals surface area (Å²) in [5.74, 6) is -0.845. The highest BCUT2D eigenvalue weighted by Crippen LogP contribution is 2.20. The van der Waals surface area contributed by atoms with Gasteiger partial charge in [-0.25, -0.2) is 9.59 Å². The van der Waals surface area contributed by atoms with Gasteiger partial charge in [-0.1, -0.05) is 68.8 Å². The molecule has 3 rings (SSSR count). The number of amides is 2. The van der Waals surface area contributed by atoms with Crippen molar-refractivity contribution in [1.29, 1.82) is 0 Å². The van der Waals surface area contributed by atoms with Gasteiger partial charge in [-0.05, 0) is 50.3 Å². The smallest absolute Gasteiger partial charge is 0.408 e. The summed E-state index contributed by atoms with van der Waals surface area (Å²) >= 11 is 0. The van der Waals surface area contributed by atoms with Crippen molar-refractivity contribution in [2.24, 2.45) is 5.92 Å². The van der Waals surface area contributed by atoms with Gasteiger partial charge in [-0.15, -0.1) is 0 Å². The maximum absolute atomic E-state index is 13.5. The lowest BCUT2D eigenvalue weighted by Gasteiger charge is -2.26. The average Bonchev–Trinajstić information content (AvgIpc) is 3.28. The monoisotopic (exact) mass is 521 g/mol. The number of carbonyl (C=O) groups is 3. The molecule has 0 fully saturated rings. The van der Waals surface area contributed by atoms with Crippen molar-refractivity contribution in [2.45, 2.75) is 78.2 Å². The maximum Gasteiger partial charge on any atom is 0.408 e. The fraction of sp³-hybridized carbons (Fsp3) is 0.433. The third-order valence-electron chi connectivity index (χ3n) is 6.27. The predicted molar refractivity (Wildman–Crippen MR) is 147 cm³/mol. The number of fused-ring (bicyclic) bond motifs is 1. The van der Waals surface area contributed by atoms with Crippen LogP contribution in [0.1, 0.15) is 58.6 Å². The molecule has 3 atom stereocenters. The molecule has 8 nitrogen and oxygen atoms in total. The number of benzene rings is 2. The fourth-order valence-electron chi connectivity index (χ4n) is 4.07. The van der Waals surface area contributed by atoms with E-state index in [1.54, 1.807) is 20.8 Å². The molecule has 0 aliphatic rings. The molecule has 3 aromatic rings. The third-order valence-corrected chi connectivity index (χ3v) is 6.27. The Morgan fingerprint density at radius 2 is 1.63 bits per heavy atom. The Balaban J connectivity index is 1.80. The lowest BCUT2D eigenvalue weighted by molar-refractivity contribution is -0.149. The Labute approximate surface area is 224 Å². The highest BCUT2D eigenvalue weighted by molar-refractivity contribution is 5.90. The molecule has 0 spiro atoms. The number of aromatic amines is 1. The van der Waals surface area contributed by atoms with E-state index >= 15 is 0 Å². The lowest BCUT2D eigenvalue weighted by atomic mass is 9.98. The van der Waals surface area contributed by atoms with Crippen LogP contribution in [0.15, 0.2) is 60.8 Å². The number of aromatic nitrogens is 1. The molecule has 38 heavy (non-hydrogen) atoms. The number of H-pyrrole nitrogens is 1. The predicted octanol–water partition coefficient (Wildman–Crippen LogP) is 5.27. The number of ether oxygens (including phenoxy) is 2. The minimum Gasteiger partial charge on any atom is -0.459 e. The van der Waals surface area contributed by atoms with Crippen molar-refractivity contribution in [3.63, 3.8) is 0 Å². The van der Waals surface area contributed by atoms with Gasteiger partial charge in [-0.3, -0.25) is 4.79 Å². The summed E-state index contributed by atoms with van der Waals surface area (Å²) < 4.78 is 11.0. The van der Waals surface area contributed by atoms with Crippen molar-refractivity contribution >= 4 is 28.9 Å². The van der Waals surface area contributed by atoms with Gasteiger partial charge in [0.15, 0.2) is 0 Å². The van der Waals surface area contributed by atoms with Crippen molar-refractivity contribution < 1.29 is 23.9 Å². The van der Waals surface area contributed by atoms with Crippen LogP contribution in [0.3, 0.4) is 0 Å². The van der Waals surface area contributed by atoms with Crippen LogP contribution in [0, 0.1) is 5.92 Å². The maximum atomic E-state index is 13.5. The van der Waals surface area contributed by atoms with Gasteiger partial charge < -0.3 is 25.1 Å². The van der Waals surface area contributed by atoms with E-state index in [1.807, 2.05) is 74.6 Å². The minimum atomic E-state index is -0.953. The van der Waals surface area contributed by atoms with Crippen LogP contribution in [-0.4, -0.2) is 40.6 Å². The molecule has 0 saturated carbocycles. The first-order chi connectivity index (χ1) is 18.1. The number of rotatable bonds is 11. The first kappa shape index (κ1) is 28.8. The molecule has 8 heteroatoms. The van der Waals surface area contributed by atoms with E-state index in [-0.39, 0.29) is 18.9 Å². The summed E-state index contributed by atoms with van der Waals surface area (Å²) in [7, 11) is 0. The normalized spacial score (nSPS) is 13.8. The Morgan fingerprint density at radius 1 is 0.947 bits per heavy atom. The molecule has 1 aromatic heterocycles. The molecule has 2 amide bonds. The van der Waals surface area contributed by atoms with E-state index in [9.17, 15) is 14.4 Å². The standard InChI is InChI=1S/C30H39N3O5/c1-6-20(2)16-25(33-29(36)38-30(3,4)5)27(34)32-26(28(35)37-19-21-12-8-7-9-13-21)17-22-18-31-24-15-11-10-14-23(22)24/h7-15,18,20,25-26,31H,6,16-17,19H2,1-5H3,(H,32,34)(H,33,36)/t20-,25+,26?/m0/s1. The first-order valence-corrected chi connectivity index (χ1v) is 13.1. The minimum absolute atomic E-state index is 0.0897. The van der Waals surface area contributed by atoms with E-state index in [2.05, 4.69) is 15.6 Å². The Morgan fingerprint density at radius 3 is 2.32 bits per heavy atom. The van der Waals surface area contributed by atoms with Gasteiger partial charge in [0.1, 0.15) is 24.3 Å². The zero-order valence-electron chi connectivity index (χ0n) is 22.9. The van der Waals surface area contributed by atoms with Gasteiger partial charge in [0.2, 0.25) is 5.91 Å². The molecule has 0 bridgehead atoms. The number of hydrogen-bond donors (Lipinski definition) is 3. The number of para-hydroxylation sites is 1. The van der Waals surface area contributed by atoms with Gasteiger partial charge in [0.25, 0.3) is 0 Å². The van der Waals surface area contributed by atoms with Gasteiger partial charge in [0.05, 0.1) is 0 Å². The molecule has 2 aromatic carbocycles. The molecule has 1 heterocycles. The van der Waals surface area contributed by atoms with E-state index in [1.165, 1.54) is 0 Å². The number of nitrogens with one attached hydrogen (secondary N) is 3. The van der Waals surface area contributed by atoms with Crippen LogP contribution >= 0.6 is 0 Å². The van der Waals surface area contributed by atoms with E-state index < -0.39 is 35.7 Å². The van der Waals surface area contributed by atoms with E-state index in [4.69, 9.17) is 9.47 Å². The van der Waals surface area contributed by atoms with Crippen LogP contribution in [0.5, 0.6) is 0 Å². The molecular weight excluding hydrogens is 482 g/mol. The zero-order chi connectivity index (χ0) is 27.7. The molecule has 0 aliphatic heterocycles. The highest BCUT2D eigenvalue weighted by atomic mass is 16.6. The molecule has 3 N–H and O–H groups in total. The summed E-state index contributed by atoms with van der Waals surface area (Å²) in [6.45, 7) is 9.40. The summed E-state index contributed by atoms with van der Waals surface area (Å²) in [5.41, 5.74) is 1.95. The number of esters is 1. The second-order valence-electron chi connectivity index (χ2n) is 10.7. The van der Waals surface area contributed by atoms with Crippen molar-refractivity contribution in [1.82, 2.24) is 15.6 Å². The van der Waals surface area contributed by atoms with E-state index in [0.717, 1.165) is 28.5 Å². The number of hydrogen-bond acceptors (Lipinski definition) is 5. The molecule has 0 aliphatic carbocycles. The van der Waals surface area contributed by atoms with Crippen molar-refractivity contribution in [3.8, 4) is 0 Å². The average molecular weight is 522 g/mol. The Kier molecular flexibility index (Phi) is 9.93. The summed E-state index contributed by atoms with van der Waals surface area (Å²) in [5, 5.41) is 6.52. The number of carbonyl (C=O) groups excluding carboxylic acids is 3. The lowest BCUT2D eigenvalue weighted by Crippen LogP contribution is -2.53. The van der Waals surface area contributed by atoms with Gasteiger partial charge in [0, 0.05) is 23.5 Å². The summed E-state index contributed by atoms with van der Waals surface area (Å²) in [4.78, 5) is 42.5. The Bertz CT molecular complexity index is 1220. The largest absolute Gasteiger partial charge is 0.459 e.